The molecule has 1 nitrogen and oxygen atoms in total. The van der Waals surface area contributed by atoms with Crippen LogP contribution >= 0.6 is 15.9 Å². The van der Waals surface area contributed by atoms with E-state index in [4.69, 9.17) is 4.74 Å². The molecule has 1 rings (SSSR count). The van der Waals surface area contributed by atoms with Crippen molar-refractivity contribution in [2.24, 2.45) is 5.92 Å². The van der Waals surface area contributed by atoms with Crippen molar-refractivity contribution in [3.63, 3.8) is 0 Å². The molecule has 3 atom stereocenters. The molecule has 66 valence electrons. The van der Waals surface area contributed by atoms with E-state index in [0.29, 0.717) is 6.42 Å². The van der Waals surface area contributed by atoms with E-state index >= 15 is 0 Å². The zero-order chi connectivity index (χ0) is 8.65. The number of rotatable bonds is 1. The third-order valence-electron chi connectivity index (χ3n) is 2.16. The van der Waals surface area contributed by atoms with Gasteiger partial charge in [0.1, 0.15) is 0 Å². The van der Waals surface area contributed by atoms with Gasteiger partial charge in [0, 0.05) is 5.92 Å². The highest BCUT2D eigenvalue weighted by atomic mass is 79.9. The van der Waals surface area contributed by atoms with Gasteiger partial charge in [-0.2, -0.15) is 0 Å². The fourth-order valence-electron chi connectivity index (χ4n) is 1.27. The molecular formula is C7H11BrF2O. The number of halogens is 3. The number of hydrogen-bond acceptors (Lipinski definition) is 1. The summed E-state index contributed by atoms with van der Waals surface area (Å²) in [4.78, 5) is 0. The van der Waals surface area contributed by atoms with E-state index in [1.54, 1.807) is 0 Å². The molecule has 11 heavy (non-hydrogen) atoms. The predicted molar refractivity (Wildman–Crippen MR) is 42.0 cm³/mol. The molecule has 0 amide bonds. The van der Waals surface area contributed by atoms with Crippen LogP contribution < -0.4 is 0 Å². The van der Waals surface area contributed by atoms with Crippen molar-refractivity contribution in [1.29, 1.82) is 0 Å². The van der Waals surface area contributed by atoms with Gasteiger partial charge in [0.25, 0.3) is 5.92 Å². The highest BCUT2D eigenvalue weighted by Gasteiger charge is 2.54. The standard InChI is InChI=1S/C7H11BrF2O/c1-3-5-4(2)7(9,10)6(8)11-5/h4-6H,3H2,1-2H3/t4-,5-,6+/m1/s1. The number of ether oxygens (including phenoxy) is 1. The molecular weight excluding hydrogens is 218 g/mol. The SMILES string of the molecule is CC[C@H]1O[C@H](Br)C(F)(F)[C@@H]1C. The van der Waals surface area contributed by atoms with Gasteiger partial charge in [0.05, 0.1) is 6.10 Å². The molecule has 1 heterocycles. The summed E-state index contributed by atoms with van der Waals surface area (Å²) in [5.41, 5.74) is 0. The van der Waals surface area contributed by atoms with E-state index in [0.717, 1.165) is 0 Å². The van der Waals surface area contributed by atoms with Gasteiger partial charge in [0.2, 0.25) is 0 Å². The van der Waals surface area contributed by atoms with Crippen molar-refractivity contribution in [2.75, 3.05) is 0 Å². The van der Waals surface area contributed by atoms with Gasteiger partial charge in [-0.3, -0.25) is 0 Å². The summed E-state index contributed by atoms with van der Waals surface area (Å²) >= 11 is 2.81. The molecule has 0 unspecified atom stereocenters. The van der Waals surface area contributed by atoms with Crippen LogP contribution in [0.3, 0.4) is 0 Å². The van der Waals surface area contributed by atoms with E-state index in [-0.39, 0.29) is 6.10 Å². The van der Waals surface area contributed by atoms with Crippen LogP contribution in [0.4, 0.5) is 8.78 Å². The minimum absolute atomic E-state index is 0.311. The summed E-state index contributed by atoms with van der Waals surface area (Å²) in [6, 6.07) is 0. The Hall–Kier alpha value is 0.300. The molecule has 1 aliphatic rings. The highest BCUT2D eigenvalue weighted by Crippen LogP contribution is 2.44. The third-order valence-corrected chi connectivity index (χ3v) is 2.99. The van der Waals surface area contributed by atoms with Gasteiger partial charge >= 0.3 is 0 Å². The van der Waals surface area contributed by atoms with Crippen molar-refractivity contribution >= 4 is 15.9 Å². The van der Waals surface area contributed by atoms with Crippen molar-refractivity contribution < 1.29 is 13.5 Å². The van der Waals surface area contributed by atoms with E-state index in [1.807, 2.05) is 6.92 Å². The second-order valence-corrected chi connectivity index (χ2v) is 3.69. The van der Waals surface area contributed by atoms with Crippen LogP contribution in [0.25, 0.3) is 0 Å². The molecule has 0 aromatic rings. The Labute approximate surface area is 73.2 Å². The van der Waals surface area contributed by atoms with Crippen LogP contribution in [0, 0.1) is 5.92 Å². The fourth-order valence-corrected chi connectivity index (χ4v) is 1.96. The fraction of sp³-hybridized carbons (Fsp3) is 1.00. The molecule has 0 saturated carbocycles. The first kappa shape index (κ1) is 9.39. The van der Waals surface area contributed by atoms with E-state index in [2.05, 4.69) is 15.9 Å². The molecule has 1 fully saturated rings. The van der Waals surface area contributed by atoms with Gasteiger partial charge in [-0.05, 0) is 6.42 Å². The topological polar surface area (TPSA) is 9.23 Å². The third kappa shape index (κ3) is 1.43. The molecule has 0 aliphatic carbocycles. The normalized spacial score (nSPS) is 42.8. The maximum absolute atomic E-state index is 13.0. The Kier molecular flexibility index (Phi) is 2.54. The highest BCUT2D eigenvalue weighted by molar-refractivity contribution is 9.09. The van der Waals surface area contributed by atoms with Gasteiger partial charge in [-0.15, -0.1) is 0 Å². The molecule has 0 N–H and O–H groups in total. The lowest BCUT2D eigenvalue weighted by Crippen LogP contribution is -2.30. The molecule has 0 radical (unpaired) electrons. The van der Waals surface area contributed by atoms with Gasteiger partial charge < -0.3 is 4.74 Å². The quantitative estimate of drug-likeness (QED) is 0.628. The average molecular weight is 229 g/mol. The molecule has 0 spiro atoms. The van der Waals surface area contributed by atoms with Crippen LogP contribution in [0.1, 0.15) is 20.3 Å². The summed E-state index contributed by atoms with van der Waals surface area (Å²) in [6.07, 6.45) is 0.327. The van der Waals surface area contributed by atoms with Crippen LogP contribution in [-0.2, 0) is 4.74 Å². The summed E-state index contributed by atoms with van der Waals surface area (Å²) < 4.78 is 31.0. The van der Waals surface area contributed by atoms with E-state index < -0.39 is 16.9 Å². The molecule has 0 bridgehead atoms. The van der Waals surface area contributed by atoms with Crippen molar-refractivity contribution in [3.05, 3.63) is 0 Å². The average Bonchev–Trinajstić information content (AvgIpc) is 2.14. The minimum Gasteiger partial charge on any atom is -0.357 e. The number of alkyl halides is 3. The maximum atomic E-state index is 13.0. The molecule has 0 aromatic carbocycles. The number of hydrogen-bond donors (Lipinski definition) is 0. The van der Waals surface area contributed by atoms with Gasteiger partial charge in [-0.25, -0.2) is 8.78 Å². The van der Waals surface area contributed by atoms with Crippen molar-refractivity contribution in [3.8, 4) is 0 Å². The molecule has 4 heteroatoms. The first-order chi connectivity index (χ1) is 5.00. The smallest absolute Gasteiger partial charge is 0.288 e. The van der Waals surface area contributed by atoms with Crippen LogP contribution in [-0.4, -0.2) is 17.0 Å². The maximum Gasteiger partial charge on any atom is 0.288 e. The Balaban J connectivity index is 2.71. The van der Waals surface area contributed by atoms with Crippen LogP contribution in [0.2, 0.25) is 0 Å². The Morgan fingerprint density at radius 2 is 2.09 bits per heavy atom. The lowest BCUT2D eigenvalue weighted by molar-refractivity contribution is -0.0440. The molecule has 0 aromatic heterocycles. The summed E-state index contributed by atoms with van der Waals surface area (Å²) in [7, 11) is 0. The monoisotopic (exact) mass is 228 g/mol. The zero-order valence-electron chi connectivity index (χ0n) is 6.48. The minimum atomic E-state index is -2.72. The van der Waals surface area contributed by atoms with Crippen LogP contribution in [0.15, 0.2) is 0 Å². The lowest BCUT2D eigenvalue weighted by Gasteiger charge is -2.16. The Morgan fingerprint density at radius 3 is 2.27 bits per heavy atom. The van der Waals surface area contributed by atoms with Gasteiger partial charge in [0.15, 0.2) is 5.01 Å². The summed E-state index contributed by atoms with van der Waals surface area (Å²) in [5, 5.41) is -1.10. The first-order valence-electron chi connectivity index (χ1n) is 3.67. The van der Waals surface area contributed by atoms with Gasteiger partial charge in [-0.1, -0.05) is 29.8 Å². The second kappa shape index (κ2) is 2.98. The van der Waals surface area contributed by atoms with E-state index in [1.165, 1.54) is 6.92 Å². The lowest BCUT2D eigenvalue weighted by atomic mass is 9.99. The van der Waals surface area contributed by atoms with Crippen molar-refractivity contribution in [1.82, 2.24) is 0 Å². The Morgan fingerprint density at radius 1 is 1.55 bits per heavy atom. The van der Waals surface area contributed by atoms with Crippen molar-refractivity contribution in [2.45, 2.75) is 37.3 Å². The predicted octanol–water partition coefficient (Wildman–Crippen LogP) is 2.79. The Bertz CT molecular complexity index is 151. The molecule has 1 saturated heterocycles. The first-order valence-corrected chi connectivity index (χ1v) is 4.59. The molecule has 1 aliphatic heterocycles. The zero-order valence-corrected chi connectivity index (χ0v) is 8.07. The van der Waals surface area contributed by atoms with Crippen LogP contribution in [0.5, 0.6) is 0 Å². The summed E-state index contributed by atoms with van der Waals surface area (Å²) in [6.45, 7) is 3.37. The largest absolute Gasteiger partial charge is 0.357 e. The summed E-state index contributed by atoms with van der Waals surface area (Å²) in [5.74, 6) is -3.40. The van der Waals surface area contributed by atoms with E-state index in [9.17, 15) is 8.78 Å². The second-order valence-electron chi connectivity index (χ2n) is 2.86.